The van der Waals surface area contributed by atoms with Crippen LogP contribution in [0.25, 0.3) is 0 Å². The Labute approximate surface area is 191 Å². The Morgan fingerprint density at radius 3 is 2.56 bits per heavy atom. The van der Waals surface area contributed by atoms with Gasteiger partial charge in [0.1, 0.15) is 6.04 Å². The van der Waals surface area contributed by atoms with Gasteiger partial charge in [-0.3, -0.25) is 14.9 Å². The fourth-order valence-electron chi connectivity index (χ4n) is 3.83. The van der Waals surface area contributed by atoms with Crippen LogP contribution >= 0.6 is 0 Å². The molecule has 3 aromatic rings. The van der Waals surface area contributed by atoms with E-state index in [4.69, 9.17) is 0 Å². The van der Waals surface area contributed by atoms with Gasteiger partial charge in [-0.1, -0.05) is 29.8 Å². The van der Waals surface area contributed by atoms with Crippen molar-refractivity contribution in [3.63, 3.8) is 0 Å². The van der Waals surface area contributed by atoms with Crippen LogP contribution in [0.15, 0.2) is 53.7 Å². The molecule has 2 aromatic carbocycles. The number of aryl methyl sites for hydroxylation is 2. The number of amides is 1. The van der Waals surface area contributed by atoms with Crippen LogP contribution in [0.1, 0.15) is 35.5 Å². The first-order chi connectivity index (χ1) is 16.0. The van der Waals surface area contributed by atoms with Crippen molar-refractivity contribution in [3.05, 3.63) is 86.4 Å². The molecule has 0 bridgehead atoms. The molecule has 1 unspecified atom stereocenters. The van der Waals surface area contributed by atoms with Gasteiger partial charge in [0.25, 0.3) is 17.4 Å². The molecule has 9 nitrogen and oxygen atoms in total. The van der Waals surface area contributed by atoms with Gasteiger partial charge in [-0.2, -0.15) is 18.2 Å². The molecule has 176 valence electrons. The SMILES string of the molecule is CC1=C(C(=O)Nc2ccc(C)cc2C)C(c2cccc([N+](=O)[O-])c2)n2nc(C(F)(F)F)nc2N1. The highest BCUT2D eigenvalue weighted by molar-refractivity contribution is 6.06. The summed E-state index contributed by atoms with van der Waals surface area (Å²) in [6.07, 6.45) is -4.82. The van der Waals surface area contributed by atoms with Crippen molar-refractivity contribution in [2.24, 2.45) is 0 Å². The number of aromatic nitrogens is 3. The number of allylic oxidation sites excluding steroid dienone is 1. The zero-order valence-corrected chi connectivity index (χ0v) is 18.3. The first-order valence-electron chi connectivity index (χ1n) is 10.1. The fourth-order valence-corrected chi connectivity index (χ4v) is 3.83. The molecule has 0 radical (unpaired) electrons. The maximum atomic E-state index is 13.4. The molecule has 1 amide bonds. The van der Waals surface area contributed by atoms with E-state index in [-0.39, 0.29) is 28.5 Å². The molecule has 12 heteroatoms. The number of benzene rings is 2. The highest BCUT2D eigenvalue weighted by Crippen LogP contribution is 2.38. The van der Waals surface area contributed by atoms with E-state index in [1.165, 1.54) is 31.2 Å². The summed E-state index contributed by atoms with van der Waals surface area (Å²) in [4.78, 5) is 27.6. The van der Waals surface area contributed by atoms with Gasteiger partial charge in [0.2, 0.25) is 5.95 Å². The number of anilines is 2. The summed E-state index contributed by atoms with van der Waals surface area (Å²) < 4.78 is 41.0. The largest absolute Gasteiger partial charge is 0.453 e. The van der Waals surface area contributed by atoms with Crippen molar-refractivity contribution >= 4 is 23.2 Å². The number of hydrogen-bond donors (Lipinski definition) is 2. The number of alkyl halides is 3. The minimum Gasteiger partial charge on any atom is -0.328 e. The summed E-state index contributed by atoms with van der Waals surface area (Å²) >= 11 is 0. The Balaban J connectivity index is 1.84. The van der Waals surface area contributed by atoms with Crippen molar-refractivity contribution < 1.29 is 22.9 Å². The molecule has 2 heterocycles. The zero-order valence-electron chi connectivity index (χ0n) is 18.3. The van der Waals surface area contributed by atoms with Crippen molar-refractivity contribution in [1.29, 1.82) is 0 Å². The monoisotopic (exact) mass is 472 g/mol. The second-order valence-corrected chi connectivity index (χ2v) is 7.89. The van der Waals surface area contributed by atoms with E-state index < -0.39 is 28.9 Å². The van der Waals surface area contributed by atoms with E-state index >= 15 is 0 Å². The molecule has 2 N–H and O–H groups in total. The third-order valence-electron chi connectivity index (χ3n) is 5.38. The van der Waals surface area contributed by atoms with Crippen LogP contribution in [0.5, 0.6) is 0 Å². The molecule has 0 spiro atoms. The van der Waals surface area contributed by atoms with Crippen LogP contribution in [-0.4, -0.2) is 25.6 Å². The molecule has 1 atom stereocenters. The highest BCUT2D eigenvalue weighted by Gasteiger charge is 2.41. The van der Waals surface area contributed by atoms with Crippen LogP contribution in [0.2, 0.25) is 0 Å². The number of nitro benzene ring substituents is 1. The maximum Gasteiger partial charge on any atom is 0.453 e. The Hall–Kier alpha value is -4.22. The smallest absolute Gasteiger partial charge is 0.328 e. The normalized spacial score (nSPS) is 15.5. The lowest BCUT2D eigenvalue weighted by atomic mass is 9.94. The van der Waals surface area contributed by atoms with E-state index in [1.54, 1.807) is 6.07 Å². The third-order valence-corrected chi connectivity index (χ3v) is 5.38. The maximum absolute atomic E-state index is 13.4. The first kappa shape index (κ1) is 23.0. The molecular weight excluding hydrogens is 453 g/mol. The number of halogens is 3. The van der Waals surface area contributed by atoms with E-state index in [9.17, 15) is 28.1 Å². The Kier molecular flexibility index (Phi) is 5.59. The number of nitrogens with zero attached hydrogens (tertiary/aromatic N) is 4. The van der Waals surface area contributed by atoms with Gasteiger partial charge in [-0.15, -0.1) is 5.10 Å². The second-order valence-electron chi connectivity index (χ2n) is 7.89. The predicted octanol–water partition coefficient (Wildman–Crippen LogP) is 4.75. The number of carbonyl (C=O) groups is 1. The van der Waals surface area contributed by atoms with Gasteiger partial charge in [0.05, 0.1) is 10.5 Å². The summed E-state index contributed by atoms with van der Waals surface area (Å²) in [5.74, 6) is -2.22. The Morgan fingerprint density at radius 1 is 1.18 bits per heavy atom. The van der Waals surface area contributed by atoms with Crippen molar-refractivity contribution in [2.45, 2.75) is 33.0 Å². The number of nitrogens with one attached hydrogen (secondary N) is 2. The molecule has 34 heavy (non-hydrogen) atoms. The van der Waals surface area contributed by atoms with Gasteiger partial charge < -0.3 is 10.6 Å². The summed E-state index contributed by atoms with van der Waals surface area (Å²) in [5, 5.41) is 20.4. The average molecular weight is 472 g/mol. The lowest BCUT2D eigenvalue weighted by Gasteiger charge is -2.28. The number of fused-ring (bicyclic) bond motifs is 1. The minimum absolute atomic E-state index is 0.0478. The predicted molar refractivity (Wildman–Crippen MR) is 117 cm³/mol. The average Bonchev–Trinajstić information content (AvgIpc) is 3.19. The van der Waals surface area contributed by atoms with Crippen LogP contribution in [0.4, 0.5) is 30.5 Å². The molecule has 1 aliphatic rings. The Morgan fingerprint density at radius 2 is 1.91 bits per heavy atom. The number of nitro groups is 1. The molecule has 1 aliphatic heterocycles. The first-order valence-corrected chi connectivity index (χ1v) is 10.1. The molecule has 0 saturated carbocycles. The highest BCUT2D eigenvalue weighted by atomic mass is 19.4. The quantitative estimate of drug-likeness (QED) is 0.418. The standard InChI is InChI=1S/C22H19F3N6O3/c1-11-7-8-16(12(2)9-11)27-19(32)17-13(3)26-21-28-20(22(23,24)25)29-30(21)18(17)14-5-4-6-15(10-14)31(33)34/h4-10,18H,1-3H3,(H,27,32)(H,26,28,29). The minimum atomic E-state index is -4.82. The topological polar surface area (TPSA) is 115 Å². The number of non-ortho nitro benzene ring substituents is 1. The Bertz CT molecular complexity index is 1350. The zero-order chi connectivity index (χ0) is 24.8. The summed E-state index contributed by atoms with van der Waals surface area (Å²) in [6, 6.07) is 9.55. The van der Waals surface area contributed by atoms with Crippen LogP contribution in [0, 0.1) is 24.0 Å². The molecule has 1 aromatic heterocycles. The van der Waals surface area contributed by atoms with Crippen molar-refractivity contribution in [2.75, 3.05) is 10.6 Å². The van der Waals surface area contributed by atoms with Gasteiger partial charge in [0.15, 0.2) is 0 Å². The summed E-state index contributed by atoms with van der Waals surface area (Å²) in [7, 11) is 0. The molecule has 0 saturated heterocycles. The third kappa shape index (κ3) is 4.21. The van der Waals surface area contributed by atoms with Gasteiger partial charge in [0, 0.05) is 23.5 Å². The number of rotatable bonds is 4. The number of carbonyl (C=O) groups excluding carboxylic acids is 1. The van der Waals surface area contributed by atoms with Gasteiger partial charge >= 0.3 is 6.18 Å². The summed E-state index contributed by atoms with van der Waals surface area (Å²) in [5.41, 5.74) is 2.53. The van der Waals surface area contributed by atoms with E-state index in [1.807, 2.05) is 26.0 Å². The van der Waals surface area contributed by atoms with E-state index in [2.05, 4.69) is 20.7 Å². The second kappa shape index (κ2) is 8.28. The van der Waals surface area contributed by atoms with E-state index in [0.29, 0.717) is 5.69 Å². The molecular formula is C22H19F3N6O3. The van der Waals surface area contributed by atoms with Crippen LogP contribution in [0.3, 0.4) is 0 Å². The van der Waals surface area contributed by atoms with E-state index in [0.717, 1.165) is 15.8 Å². The number of hydrogen-bond acceptors (Lipinski definition) is 6. The van der Waals surface area contributed by atoms with Crippen molar-refractivity contribution in [3.8, 4) is 0 Å². The molecule has 0 fully saturated rings. The fraction of sp³-hybridized carbons (Fsp3) is 0.227. The van der Waals surface area contributed by atoms with Crippen LogP contribution < -0.4 is 10.6 Å². The molecule has 0 aliphatic carbocycles. The summed E-state index contributed by atoms with van der Waals surface area (Å²) in [6.45, 7) is 5.23. The molecule has 4 rings (SSSR count). The van der Waals surface area contributed by atoms with Gasteiger partial charge in [-0.25, -0.2) is 4.68 Å². The lowest BCUT2D eigenvalue weighted by molar-refractivity contribution is -0.384. The van der Waals surface area contributed by atoms with Crippen LogP contribution in [-0.2, 0) is 11.0 Å². The lowest BCUT2D eigenvalue weighted by Crippen LogP contribution is -2.31. The van der Waals surface area contributed by atoms with Gasteiger partial charge in [-0.05, 0) is 38.0 Å². The van der Waals surface area contributed by atoms with Crippen molar-refractivity contribution in [1.82, 2.24) is 14.8 Å².